The summed E-state index contributed by atoms with van der Waals surface area (Å²) in [4.78, 5) is 0. The minimum Gasteiger partial charge on any atom is -0.454 e. The molecule has 2 aliphatic heterocycles. The minimum atomic E-state index is 0.334. The normalized spacial score (nSPS) is 15.9. The molecular weight excluding hydrogens is 238 g/mol. The molecule has 94 valence electrons. The van der Waals surface area contributed by atoms with E-state index in [0.29, 0.717) is 6.79 Å². The molecule has 0 bridgehead atoms. The molecule has 0 spiro atoms. The van der Waals surface area contributed by atoms with Crippen molar-refractivity contribution in [3.63, 3.8) is 0 Å². The van der Waals surface area contributed by atoms with Crippen LogP contribution in [0.5, 0.6) is 11.5 Å². The molecule has 0 fully saturated rings. The van der Waals surface area contributed by atoms with Crippen LogP contribution < -0.4 is 9.47 Å². The Hall–Kier alpha value is -2.29. The molecule has 0 saturated carbocycles. The van der Waals surface area contributed by atoms with Crippen LogP contribution in [-0.4, -0.2) is 24.1 Å². The van der Waals surface area contributed by atoms with Gasteiger partial charge in [0.15, 0.2) is 24.3 Å². The second kappa shape index (κ2) is 4.12. The van der Waals surface area contributed by atoms with Crippen LogP contribution in [0.2, 0.25) is 0 Å². The molecule has 0 aliphatic carbocycles. The van der Waals surface area contributed by atoms with E-state index in [1.165, 1.54) is 16.8 Å². The highest BCUT2D eigenvalue weighted by Crippen LogP contribution is 2.35. The SMILES string of the molecule is C1=[N+](c2ccccc2)CCc2cc3c(cc21)OCO3. The number of para-hydroxylation sites is 1. The fourth-order valence-corrected chi connectivity index (χ4v) is 2.63. The number of rotatable bonds is 1. The third-order valence-corrected chi connectivity index (χ3v) is 3.64. The van der Waals surface area contributed by atoms with Crippen LogP contribution in [0.4, 0.5) is 5.69 Å². The third-order valence-electron chi connectivity index (χ3n) is 3.64. The summed E-state index contributed by atoms with van der Waals surface area (Å²) in [6, 6.07) is 14.6. The van der Waals surface area contributed by atoms with Crippen molar-refractivity contribution in [2.45, 2.75) is 6.42 Å². The zero-order chi connectivity index (χ0) is 12.7. The van der Waals surface area contributed by atoms with Gasteiger partial charge in [0, 0.05) is 24.1 Å². The molecule has 0 N–H and O–H groups in total. The Balaban J connectivity index is 1.79. The Bertz CT molecular complexity index is 662. The van der Waals surface area contributed by atoms with Crippen molar-refractivity contribution >= 4 is 11.9 Å². The van der Waals surface area contributed by atoms with Gasteiger partial charge in [-0.2, -0.15) is 4.58 Å². The molecule has 0 amide bonds. The Morgan fingerprint density at radius 1 is 0.947 bits per heavy atom. The van der Waals surface area contributed by atoms with E-state index in [-0.39, 0.29) is 0 Å². The van der Waals surface area contributed by atoms with Gasteiger partial charge >= 0.3 is 0 Å². The van der Waals surface area contributed by atoms with Gasteiger partial charge in [0.2, 0.25) is 12.5 Å². The summed E-state index contributed by atoms with van der Waals surface area (Å²) in [5.41, 5.74) is 3.78. The highest BCUT2D eigenvalue weighted by Gasteiger charge is 2.22. The van der Waals surface area contributed by atoms with Gasteiger partial charge in [-0.3, -0.25) is 0 Å². The van der Waals surface area contributed by atoms with Crippen LogP contribution in [-0.2, 0) is 6.42 Å². The van der Waals surface area contributed by atoms with Gasteiger partial charge in [-0.25, -0.2) is 0 Å². The molecule has 3 heteroatoms. The molecule has 0 radical (unpaired) electrons. The van der Waals surface area contributed by atoms with Crippen molar-refractivity contribution in [1.82, 2.24) is 0 Å². The van der Waals surface area contributed by atoms with Gasteiger partial charge in [0.05, 0.1) is 0 Å². The monoisotopic (exact) mass is 252 g/mol. The van der Waals surface area contributed by atoms with Crippen LogP contribution in [0, 0.1) is 0 Å². The lowest BCUT2D eigenvalue weighted by Gasteiger charge is -2.12. The summed E-state index contributed by atoms with van der Waals surface area (Å²) in [5, 5.41) is 0. The number of hydrogen-bond acceptors (Lipinski definition) is 2. The number of fused-ring (bicyclic) bond motifs is 2. The largest absolute Gasteiger partial charge is 0.454 e. The number of ether oxygens (including phenoxy) is 2. The molecule has 2 aromatic carbocycles. The van der Waals surface area contributed by atoms with Gasteiger partial charge in [0.25, 0.3) is 0 Å². The number of hydrogen-bond donors (Lipinski definition) is 0. The lowest BCUT2D eigenvalue weighted by molar-refractivity contribution is -0.436. The third kappa shape index (κ3) is 1.78. The van der Waals surface area contributed by atoms with Gasteiger partial charge in [-0.1, -0.05) is 18.2 Å². The minimum absolute atomic E-state index is 0.334. The molecule has 2 aliphatic rings. The molecule has 2 aromatic rings. The molecule has 2 heterocycles. The standard InChI is InChI=1S/C16H14NO2/c1-2-4-14(5-3-1)17-7-6-12-8-15-16(19-11-18-15)9-13(12)10-17/h1-5,8-10H,6-7,11H2/q+1. The summed E-state index contributed by atoms with van der Waals surface area (Å²) in [7, 11) is 0. The first kappa shape index (κ1) is 10.6. The quantitative estimate of drug-likeness (QED) is 0.728. The first-order chi connectivity index (χ1) is 9.40. The fourth-order valence-electron chi connectivity index (χ4n) is 2.63. The van der Waals surface area contributed by atoms with Crippen LogP contribution in [0.25, 0.3) is 0 Å². The molecule has 0 unspecified atom stereocenters. The van der Waals surface area contributed by atoms with E-state index in [1.54, 1.807) is 0 Å². The highest BCUT2D eigenvalue weighted by molar-refractivity contribution is 5.81. The predicted molar refractivity (Wildman–Crippen MR) is 72.7 cm³/mol. The van der Waals surface area contributed by atoms with E-state index >= 15 is 0 Å². The van der Waals surface area contributed by atoms with Crippen molar-refractivity contribution in [3.8, 4) is 11.5 Å². The zero-order valence-corrected chi connectivity index (χ0v) is 10.5. The summed E-state index contributed by atoms with van der Waals surface area (Å²) < 4.78 is 13.2. The predicted octanol–water partition coefficient (Wildman–Crippen LogP) is 2.73. The second-order valence-electron chi connectivity index (χ2n) is 4.81. The Kier molecular flexibility index (Phi) is 2.30. The van der Waals surface area contributed by atoms with Crippen molar-refractivity contribution in [3.05, 3.63) is 53.6 Å². The zero-order valence-electron chi connectivity index (χ0n) is 10.5. The Morgan fingerprint density at radius 3 is 2.58 bits per heavy atom. The van der Waals surface area contributed by atoms with Crippen molar-refractivity contribution in [2.75, 3.05) is 13.3 Å². The second-order valence-corrected chi connectivity index (χ2v) is 4.81. The highest BCUT2D eigenvalue weighted by atomic mass is 16.7. The summed E-state index contributed by atoms with van der Waals surface area (Å²) >= 11 is 0. The average molecular weight is 252 g/mol. The van der Waals surface area contributed by atoms with Gasteiger partial charge in [-0.15, -0.1) is 0 Å². The van der Waals surface area contributed by atoms with Crippen LogP contribution in [0.1, 0.15) is 11.1 Å². The van der Waals surface area contributed by atoms with E-state index in [9.17, 15) is 0 Å². The first-order valence-electron chi connectivity index (χ1n) is 6.49. The number of nitrogens with zero attached hydrogens (tertiary/aromatic N) is 1. The van der Waals surface area contributed by atoms with Crippen molar-refractivity contribution < 1.29 is 14.0 Å². The first-order valence-corrected chi connectivity index (χ1v) is 6.49. The summed E-state index contributed by atoms with van der Waals surface area (Å²) in [6.07, 6.45) is 3.22. The van der Waals surface area contributed by atoms with Gasteiger partial charge in [0.1, 0.15) is 0 Å². The summed E-state index contributed by atoms with van der Waals surface area (Å²) in [5.74, 6) is 1.73. The molecule has 0 aromatic heterocycles. The maximum Gasteiger partial charge on any atom is 0.231 e. The van der Waals surface area contributed by atoms with Crippen molar-refractivity contribution in [2.24, 2.45) is 0 Å². The summed E-state index contributed by atoms with van der Waals surface area (Å²) in [6.45, 7) is 1.33. The van der Waals surface area contributed by atoms with Crippen LogP contribution >= 0.6 is 0 Å². The molecule has 0 saturated heterocycles. The molecule has 4 rings (SSSR count). The Morgan fingerprint density at radius 2 is 1.74 bits per heavy atom. The maximum atomic E-state index is 5.44. The average Bonchev–Trinajstić information content (AvgIpc) is 2.92. The van der Waals surface area contributed by atoms with E-state index in [2.05, 4.69) is 47.2 Å². The van der Waals surface area contributed by atoms with E-state index in [4.69, 9.17) is 9.47 Å². The topological polar surface area (TPSA) is 21.5 Å². The van der Waals surface area contributed by atoms with E-state index < -0.39 is 0 Å². The smallest absolute Gasteiger partial charge is 0.231 e. The molecule has 3 nitrogen and oxygen atoms in total. The molecule has 19 heavy (non-hydrogen) atoms. The maximum absolute atomic E-state index is 5.44. The van der Waals surface area contributed by atoms with Crippen molar-refractivity contribution in [1.29, 1.82) is 0 Å². The van der Waals surface area contributed by atoms with Gasteiger partial charge in [-0.05, 0) is 17.7 Å². The number of benzene rings is 2. The van der Waals surface area contributed by atoms with Gasteiger partial charge < -0.3 is 9.47 Å². The lowest BCUT2D eigenvalue weighted by Crippen LogP contribution is -2.18. The molecule has 0 atom stereocenters. The Labute approximate surface area is 111 Å². The van der Waals surface area contributed by atoms with Crippen LogP contribution in [0.15, 0.2) is 42.5 Å². The molecular formula is C16H14NO2+. The van der Waals surface area contributed by atoms with E-state index in [1.807, 2.05) is 6.07 Å². The lowest BCUT2D eigenvalue weighted by atomic mass is 10.0. The van der Waals surface area contributed by atoms with E-state index in [0.717, 1.165) is 24.5 Å². The fraction of sp³-hybridized carbons (Fsp3) is 0.188. The van der Waals surface area contributed by atoms with Crippen LogP contribution in [0.3, 0.4) is 0 Å².